The van der Waals surface area contributed by atoms with Crippen molar-refractivity contribution >= 4 is 22.6 Å². The van der Waals surface area contributed by atoms with Gasteiger partial charge in [0.2, 0.25) is 5.79 Å². The first-order chi connectivity index (χ1) is 15.6. The van der Waals surface area contributed by atoms with Gasteiger partial charge in [-0.05, 0) is 55.2 Å². The van der Waals surface area contributed by atoms with E-state index in [9.17, 15) is 20.4 Å². The molecule has 3 unspecified atom stereocenters. The van der Waals surface area contributed by atoms with E-state index >= 15 is 0 Å². The van der Waals surface area contributed by atoms with E-state index in [4.69, 9.17) is 26.3 Å². The summed E-state index contributed by atoms with van der Waals surface area (Å²) in [6.07, 6.45) is -0.278. The molecule has 6 aliphatic rings. The van der Waals surface area contributed by atoms with Crippen molar-refractivity contribution in [3.05, 3.63) is 34.6 Å². The molecule has 3 heterocycles. The molecule has 8 heteroatoms. The number of halogens is 1. The van der Waals surface area contributed by atoms with Crippen LogP contribution in [0.15, 0.2) is 18.2 Å². The number of benzene rings is 1. The second-order valence-electron chi connectivity index (χ2n) is 11.7. The Morgan fingerprint density at radius 3 is 2.61 bits per heavy atom. The van der Waals surface area contributed by atoms with Crippen LogP contribution in [0.1, 0.15) is 56.8 Å². The molecule has 3 saturated carbocycles. The molecule has 33 heavy (non-hydrogen) atoms. The van der Waals surface area contributed by atoms with Crippen LogP contribution in [0.2, 0.25) is 5.02 Å². The van der Waals surface area contributed by atoms with Crippen molar-refractivity contribution in [1.82, 2.24) is 9.97 Å². The number of ether oxygens (including phenoxy) is 1. The van der Waals surface area contributed by atoms with E-state index < -0.39 is 34.9 Å². The highest BCUT2D eigenvalue weighted by Crippen LogP contribution is 2.76. The average molecular weight is 473 g/mol. The van der Waals surface area contributed by atoms with Crippen LogP contribution < -0.4 is 0 Å². The third-order valence-corrected chi connectivity index (χ3v) is 10.4. The van der Waals surface area contributed by atoms with Crippen molar-refractivity contribution in [2.24, 2.45) is 22.7 Å². The van der Waals surface area contributed by atoms with Gasteiger partial charge in [-0.15, -0.1) is 0 Å². The normalized spacial score (nSPS) is 48.9. The number of aliphatic hydroxyl groups is 4. The van der Waals surface area contributed by atoms with Crippen molar-refractivity contribution in [3.63, 3.8) is 0 Å². The van der Waals surface area contributed by atoms with E-state index in [1.54, 1.807) is 12.1 Å². The summed E-state index contributed by atoms with van der Waals surface area (Å²) in [7, 11) is 0. The maximum atomic E-state index is 12.2. The van der Waals surface area contributed by atoms with Gasteiger partial charge in [-0.1, -0.05) is 25.4 Å². The molecular formula is C25H29ClN2O5. The number of fused-ring (bicyclic) bond motifs is 5. The molecular weight excluding hydrogens is 444 g/mol. The number of aliphatic hydroxyl groups excluding tert-OH is 3. The van der Waals surface area contributed by atoms with Crippen LogP contribution in [0.25, 0.3) is 11.0 Å². The molecule has 0 amide bonds. The lowest BCUT2D eigenvalue weighted by atomic mass is 9.35. The summed E-state index contributed by atoms with van der Waals surface area (Å²) < 4.78 is 6.15. The van der Waals surface area contributed by atoms with Gasteiger partial charge >= 0.3 is 0 Å². The van der Waals surface area contributed by atoms with Crippen molar-refractivity contribution < 1.29 is 25.2 Å². The fourth-order valence-electron chi connectivity index (χ4n) is 9.01. The summed E-state index contributed by atoms with van der Waals surface area (Å²) in [4.78, 5) is 9.81. The molecule has 4 N–H and O–H groups in total. The summed E-state index contributed by atoms with van der Waals surface area (Å²) in [5.74, 6) is -3.00. The van der Waals surface area contributed by atoms with Crippen molar-refractivity contribution in [1.29, 1.82) is 0 Å². The number of aromatic nitrogens is 2. The van der Waals surface area contributed by atoms with Crippen LogP contribution >= 0.6 is 11.6 Å². The third-order valence-electron chi connectivity index (χ3n) is 10.2. The number of hydrogen-bond donors (Lipinski definition) is 4. The topological polar surface area (TPSA) is 116 Å². The molecule has 4 aliphatic carbocycles. The smallest absolute Gasteiger partial charge is 0.206 e. The van der Waals surface area contributed by atoms with Gasteiger partial charge in [-0.2, -0.15) is 0 Å². The van der Waals surface area contributed by atoms with Gasteiger partial charge < -0.3 is 25.2 Å². The zero-order valence-corrected chi connectivity index (χ0v) is 19.5. The lowest BCUT2D eigenvalue weighted by Gasteiger charge is -2.75. The van der Waals surface area contributed by atoms with Crippen LogP contribution in [0, 0.1) is 22.7 Å². The predicted octanol–water partition coefficient (Wildman–Crippen LogP) is 2.27. The first kappa shape index (κ1) is 21.0. The maximum Gasteiger partial charge on any atom is 0.206 e. The highest BCUT2D eigenvalue weighted by Gasteiger charge is 2.85. The molecule has 1 aromatic carbocycles. The molecule has 2 aromatic rings. The molecule has 4 bridgehead atoms. The van der Waals surface area contributed by atoms with Gasteiger partial charge in [0.25, 0.3) is 0 Å². The first-order valence-electron chi connectivity index (χ1n) is 12.0. The number of rotatable bonds is 0. The lowest BCUT2D eigenvalue weighted by Crippen LogP contribution is -2.86. The Bertz CT molecular complexity index is 1210. The molecule has 176 valence electrons. The zero-order valence-electron chi connectivity index (χ0n) is 18.7. The standard InChI is InChI=1S/C25H29ClN2O5/c1-22(2)8-7-16(29)23-10-33-25(32,21(31)18(22)23)24-15(23)6-4-12(20(24)30)17-19(24)28-14-9-11(26)3-5-13(14)27-17/h3,5,9,12,15-16,18,20-21,29-32H,4,6-8,10H2,1-2H3/t12-,15?,16-,18?,20+,21-,23+,24?,25-/m0/s1. The van der Waals surface area contributed by atoms with Crippen molar-refractivity contribution in [2.45, 2.75) is 75.0 Å². The molecule has 2 saturated heterocycles. The molecule has 5 fully saturated rings. The maximum absolute atomic E-state index is 12.2. The minimum Gasteiger partial charge on any atom is -0.392 e. The predicted molar refractivity (Wildman–Crippen MR) is 120 cm³/mol. The summed E-state index contributed by atoms with van der Waals surface area (Å²) >= 11 is 6.24. The fourth-order valence-corrected chi connectivity index (χ4v) is 9.18. The quantitative estimate of drug-likeness (QED) is 0.464. The van der Waals surface area contributed by atoms with Crippen LogP contribution in [-0.4, -0.2) is 61.1 Å². The fraction of sp³-hybridized carbons (Fsp3) is 0.680. The number of nitrogens with zero attached hydrogens (tertiary/aromatic N) is 2. The lowest BCUT2D eigenvalue weighted by molar-refractivity contribution is -0.449. The molecule has 1 aromatic heterocycles. The highest BCUT2D eigenvalue weighted by atomic mass is 35.5. The Labute approximate surface area is 196 Å². The molecule has 8 rings (SSSR count). The largest absolute Gasteiger partial charge is 0.392 e. The molecule has 7 nitrogen and oxygen atoms in total. The Balaban J connectivity index is 1.56. The van der Waals surface area contributed by atoms with E-state index in [0.717, 1.165) is 6.42 Å². The van der Waals surface area contributed by atoms with Gasteiger partial charge in [0.05, 0.1) is 41.2 Å². The third kappa shape index (κ3) is 2.05. The average Bonchev–Trinajstić information content (AvgIpc) is 2.89. The number of hydrogen-bond acceptors (Lipinski definition) is 7. The monoisotopic (exact) mass is 472 g/mol. The summed E-state index contributed by atoms with van der Waals surface area (Å²) in [6, 6.07) is 5.30. The molecule has 9 atom stereocenters. The molecule has 2 spiro atoms. The van der Waals surface area contributed by atoms with Gasteiger partial charge in [0.1, 0.15) is 11.5 Å². The zero-order chi connectivity index (χ0) is 23.1. The Morgan fingerprint density at radius 1 is 1.03 bits per heavy atom. The van der Waals surface area contributed by atoms with E-state index in [1.807, 2.05) is 6.07 Å². The van der Waals surface area contributed by atoms with Crippen LogP contribution in [0.4, 0.5) is 0 Å². The van der Waals surface area contributed by atoms with Crippen molar-refractivity contribution in [3.8, 4) is 0 Å². The van der Waals surface area contributed by atoms with E-state index in [-0.39, 0.29) is 29.8 Å². The Morgan fingerprint density at radius 2 is 1.82 bits per heavy atom. The van der Waals surface area contributed by atoms with Crippen molar-refractivity contribution in [2.75, 3.05) is 6.61 Å². The first-order valence-corrected chi connectivity index (χ1v) is 12.3. The molecule has 2 aliphatic heterocycles. The highest BCUT2D eigenvalue weighted by molar-refractivity contribution is 6.31. The van der Waals surface area contributed by atoms with Crippen LogP contribution in [0.5, 0.6) is 0 Å². The van der Waals surface area contributed by atoms with Gasteiger partial charge in [-0.3, -0.25) is 0 Å². The SMILES string of the molecule is CC1(C)CC[C@H](O)[C@]23CO[C@@](O)([C@@H](O)C12)C12c4nc5cc(Cl)ccc5nc4[C@H](CCC13)[C@H]2O. The Kier molecular flexibility index (Phi) is 3.86. The second kappa shape index (κ2) is 6.07. The van der Waals surface area contributed by atoms with E-state index in [2.05, 4.69) is 13.8 Å². The van der Waals surface area contributed by atoms with E-state index in [0.29, 0.717) is 46.7 Å². The van der Waals surface area contributed by atoms with Gasteiger partial charge in [0.15, 0.2) is 0 Å². The van der Waals surface area contributed by atoms with Crippen LogP contribution in [0.3, 0.4) is 0 Å². The Hall–Kier alpha value is -1.35. The van der Waals surface area contributed by atoms with Crippen LogP contribution in [-0.2, 0) is 10.2 Å². The summed E-state index contributed by atoms with van der Waals surface area (Å²) in [5.41, 5.74) is -0.0471. The van der Waals surface area contributed by atoms with E-state index in [1.165, 1.54) is 0 Å². The summed E-state index contributed by atoms with van der Waals surface area (Å²) in [6.45, 7) is 4.36. The van der Waals surface area contributed by atoms with Gasteiger partial charge in [0, 0.05) is 22.3 Å². The minimum absolute atomic E-state index is 0.155. The minimum atomic E-state index is -2.03. The molecule has 0 radical (unpaired) electrons. The second-order valence-corrected chi connectivity index (χ2v) is 12.1. The van der Waals surface area contributed by atoms with Gasteiger partial charge in [-0.25, -0.2) is 9.97 Å². The summed E-state index contributed by atoms with van der Waals surface area (Å²) in [5, 5.41) is 47.9.